The number of hydrogen-bond acceptors (Lipinski definition) is 5. The Bertz CT molecular complexity index is 830. The molecule has 0 aromatic heterocycles. The van der Waals surface area contributed by atoms with Gasteiger partial charge in [0.2, 0.25) is 5.91 Å². The summed E-state index contributed by atoms with van der Waals surface area (Å²) in [7, 11) is 0. The maximum absolute atomic E-state index is 12.7. The Morgan fingerprint density at radius 3 is 2.47 bits per heavy atom. The lowest BCUT2D eigenvalue weighted by Crippen LogP contribution is -2.47. The third kappa shape index (κ3) is 4.57. The number of carbonyl (C=O) groups excluding carboxylic acids is 2. The number of anilines is 1. The summed E-state index contributed by atoms with van der Waals surface area (Å²) in [4.78, 5) is 40.1. The van der Waals surface area contributed by atoms with E-state index in [9.17, 15) is 19.7 Å². The Labute approximate surface area is 176 Å². The fourth-order valence-corrected chi connectivity index (χ4v) is 4.59. The first-order valence-electron chi connectivity index (χ1n) is 11.1. The van der Waals surface area contributed by atoms with Crippen LogP contribution >= 0.6 is 0 Å². The van der Waals surface area contributed by atoms with E-state index in [4.69, 9.17) is 0 Å². The van der Waals surface area contributed by atoms with Gasteiger partial charge in [-0.2, -0.15) is 0 Å². The molecule has 2 saturated heterocycles. The Morgan fingerprint density at radius 1 is 1.10 bits per heavy atom. The lowest BCUT2D eigenvalue weighted by molar-refractivity contribution is -0.384. The molecule has 30 heavy (non-hydrogen) atoms. The minimum atomic E-state index is -0.395. The number of amides is 2. The normalized spacial score (nSPS) is 22.6. The number of piperidine rings is 2. The molecule has 0 spiro atoms. The van der Waals surface area contributed by atoms with Gasteiger partial charge in [0.25, 0.3) is 11.6 Å². The van der Waals surface area contributed by atoms with E-state index in [0.717, 1.165) is 51.6 Å². The molecule has 1 unspecified atom stereocenters. The van der Waals surface area contributed by atoms with E-state index in [2.05, 4.69) is 17.1 Å². The van der Waals surface area contributed by atoms with Gasteiger partial charge in [0.1, 0.15) is 5.69 Å². The Morgan fingerprint density at radius 2 is 1.83 bits per heavy atom. The van der Waals surface area contributed by atoms with Gasteiger partial charge in [-0.1, -0.05) is 6.92 Å². The summed E-state index contributed by atoms with van der Waals surface area (Å²) in [5, 5.41) is 14.7. The predicted octanol–water partition coefficient (Wildman–Crippen LogP) is 2.96. The van der Waals surface area contributed by atoms with Crippen molar-refractivity contribution in [3.63, 3.8) is 0 Å². The summed E-state index contributed by atoms with van der Waals surface area (Å²) >= 11 is 0. The van der Waals surface area contributed by atoms with Crippen molar-refractivity contribution in [3.8, 4) is 0 Å². The lowest BCUT2D eigenvalue weighted by Gasteiger charge is -2.33. The molecule has 2 heterocycles. The van der Waals surface area contributed by atoms with E-state index in [-0.39, 0.29) is 29.5 Å². The van der Waals surface area contributed by atoms with Crippen molar-refractivity contribution in [2.45, 2.75) is 51.5 Å². The number of nitro groups is 1. The van der Waals surface area contributed by atoms with Gasteiger partial charge in [-0.25, -0.2) is 0 Å². The van der Waals surface area contributed by atoms with E-state index in [1.807, 2.05) is 4.90 Å². The molecular formula is C22H30N4O4. The largest absolute Gasteiger partial charge is 0.366 e. The van der Waals surface area contributed by atoms with Gasteiger partial charge in [-0.15, -0.1) is 0 Å². The smallest absolute Gasteiger partial charge is 0.293 e. The molecular weight excluding hydrogens is 384 g/mol. The van der Waals surface area contributed by atoms with Crippen LogP contribution < -0.4 is 10.2 Å². The topological polar surface area (TPSA) is 95.8 Å². The van der Waals surface area contributed by atoms with Crippen molar-refractivity contribution in [3.05, 3.63) is 33.9 Å². The number of nitro benzene ring substituents is 1. The second-order valence-electron chi connectivity index (χ2n) is 9.00. The number of carbonyl (C=O) groups is 2. The van der Waals surface area contributed by atoms with Crippen LogP contribution in [0.4, 0.5) is 11.4 Å². The number of nitrogens with zero attached hydrogens (tertiary/aromatic N) is 3. The fourth-order valence-electron chi connectivity index (χ4n) is 4.59. The summed E-state index contributed by atoms with van der Waals surface area (Å²) < 4.78 is 0. The van der Waals surface area contributed by atoms with Crippen LogP contribution in [0.1, 0.15) is 55.8 Å². The monoisotopic (exact) mass is 414 g/mol. The average Bonchev–Trinajstić information content (AvgIpc) is 3.59. The van der Waals surface area contributed by atoms with Gasteiger partial charge < -0.3 is 15.1 Å². The summed E-state index contributed by atoms with van der Waals surface area (Å²) in [5.41, 5.74) is 0.892. The van der Waals surface area contributed by atoms with E-state index in [1.165, 1.54) is 6.07 Å². The quantitative estimate of drug-likeness (QED) is 0.590. The second kappa shape index (κ2) is 8.62. The van der Waals surface area contributed by atoms with Gasteiger partial charge in [-0.3, -0.25) is 19.7 Å². The first-order valence-corrected chi connectivity index (χ1v) is 11.1. The second-order valence-corrected chi connectivity index (χ2v) is 9.00. The van der Waals surface area contributed by atoms with E-state index in [0.29, 0.717) is 30.3 Å². The highest BCUT2D eigenvalue weighted by atomic mass is 16.6. The molecule has 8 heteroatoms. The van der Waals surface area contributed by atoms with Gasteiger partial charge in [0.05, 0.1) is 4.92 Å². The summed E-state index contributed by atoms with van der Waals surface area (Å²) in [6.07, 6.45) is 5.59. The first-order chi connectivity index (χ1) is 14.4. The summed E-state index contributed by atoms with van der Waals surface area (Å²) in [6.45, 7) is 5.07. The van der Waals surface area contributed by atoms with Crippen LogP contribution in [0.25, 0.3) is 0 Å². The predicted molar refractivity (Wildman–Crippen MR) is 113 cm³/mol. The van der Waals surface area contributed by atoms with E-state index in [1.54, 1.807) is 12.1 Å². The van der Waals surface area contributed by atoms with Crippen molar-refractivity contribution in [2.24, 2.45) is 11.8 Å². The van der Waals surface area contributed by atoms with Crippen molar-refractivity contribution >= 4 is 23.2 Å². The molecule has 1 saturated carbocycles. The minimum Gasteiger partial charge on any atom is -0.366 e. The van der Waals surface area contributed by atoms with E-state index < -0.39 is 4.92 Å². The molecule has 0 bridgehead atoms. The summed E-state index contributed by atoms with van der Waals surface area (Å²) in [6, 6.07) is 4.78. The number of nitrogens with one attached hydrogen (secondary N) is 1. The molecule has 8 nitrogen and oxygen atoms in total. The number of likely N-dealkylation sites (tertiary alicyclic amines) is 1. The zero-order chi connectivity index (χ0) is 21.3. The molecule has 1 aromatic rings. The van der Waals surface area contributed by atoms with Crippen LogP contribution in [0.3, 0.4) is 0 Å². The highest BCUT2D eigenvalue weighted by molar-refractivity contribution is 5.96. The molecule has 4 rings (SSSR count). The van der Waals surface area contributed by atoms with Gasteiger partial charge in [-0.05, 0) is 56.6 Å². The van der Waals surface area contributed by atoms with Crippen LogP contribution in [0.5, 0.6) is 0 Å². The highest BCUT2D eigenvalue weighted by Crippen LogP contribution is 2.33. The molecule has 1 aliphatic carbocycles. The molecule has 2 amide bonds. The zero-order valence-electron chi connectivity index (χ0n) is 17.5. The number of hydrogen-bond donors (Lipinski definition) is 1. The molecule has 162 valence electrons. The zero-order valence-corrected chi connectivity index (χ0v) is 17.5. The first kappa shape index (κ1) is 20.6. The van der Waals surface area contributed by atoms with Crippen LogP contribution in [0.15, 0.2) is 18.2 Å². The fraction of sp³-hybridized carbons (Fsp3) is 0.636. The van der Waals surface area contributed by atoms with Crippen molar-refractivity contribution < 1.29 is 14.5 Å². The Hall–Kier alpha value is -2.64. The Balaban J connectivity index is 1.39. The van der Waals surface area contributed by atoms with Gasteiger partial charge in [0.15, 0.2) is 0 Å². The lowest BCUT2D eigenvalue weighted by atomic mass is 9.99. The van der Waals surface area contributed by atoms with Gasteiger partial charge >= 0.3 is 0 Å². The van der Waals surface area contributed by atoms with Crippen LogP contribution in [0.2, 0.25) is 0 Å². The maximum atomic E-state index is 12.7. The van der Waals surface area contributed by atoms with Crippen LogP contribution in [-0.4, -0.2) is 53.9 Å². The molecule has 1 atom stereocenters. The number of rotatable bonds is 5. The standard InChI is InChI=1S/C22H30N4O4/c1-15-3-2-10-25(14-15)19-7-6-17(13-20(19)26(29)30)21(27)23-18-8-11-24(12-9-18)22(28)16-4-5-16/h6-7,13,15-16,18H,2-5,8-12,14H2,1H3,(H,23,27). The van der Waals surface area contributed by atoms with Gasteiger partial charge in [0, 0.05) is 49.8 Å². The molecule has 3 aliphatic rings. The van der Waals surface area contributed by atoms with Crippen molar-refractivity contribution in [2.75, 3.05) is 31.1 Å². The molecule has 2 aliphatic heterocycles. The minimum absolute atomic E-state index is 0.0116. The molecule has 0 radical (unpaired) electrons. The van der Waals surface area contributed by atoms with Crippen LogP contribution in [-0.2, 0) is 4.79 Å². The maximum Gasteiger partial charge on any atom is 0.293 e. The van der Waals surface area contributed by atoms with Crippen LogP contribution in [0, 0.1) is 22.0 Å². The third-order valence-electron chi connectivity index (χ3n) is 6.50. The summed E-state index contributed by atoms with van der Waals surface area (Å²) in [5.74, 6) is 0.679. The number of benzene rings is 1. The highest BCUT2D eigenvalue weighted by Gasteiger charge is 2.35. The Kier molecular flexibility index (Phi) is 5.92. The molecule has 3 fully saturated rings. The molecule has 1 N–H and O–H groups in total. The SMILES string of the molecule is CC1CCCN(c2ccc(C(=O)NC3CCN(C(=O)C4CC4)CC3)cc2[N+](=O)[O-])C1. The van der Waals surface area contributed by atoms with Crippen molar-refractivity contribution in [1.29, 1.82) is 0 Å². The third-order valence-corrected chi connectivity index (χ3v) is 6.50. The molecule has 1 aromatic carbocycles. The van der Waals surface area contributed by atoms with Crippen molar-refractivity contribution in [1.82, 2.24) is 10.2 Å². The average molecular weight is 415 g/mol. The van der Waals surface area contributed by atoms with E-state index >= 15 is 0 Å².